The summed E-state index contributed by atoms with van der Waals surface area (Å²) in [6, 6.07) is 4.49. The van der Waals surface area contributed by atoms with Crippen molar-refractivity contribution in [2.24, 2.45) is 0 Å². The van der Waals surface area contributed by atoms with Gasteiger partial charge in [-0.2, -0.15) is 0 Å². The second-order valence-electron chi connectivity index (χ2n) is 4.63. The van der Waals surface area contributed by atoms with Crippen molar-refractivity contribution in [2.75, 3.05) is 13.2 Å². The highest BCUT2D eigenvalue weighted by atomic mass is 16.6. The van der Waals surface area contributed by atoms with Crippen LogP contribution >= 0.6 is 0 Å². The molecule has 2 N–H and O–H groups in total. The van der Waals surface area contributed by atoms with Gasteiger partial charge in [-0.05, 0) is 25.0 Å². The van der Waals surface area contributed by atoms with Crippen LogP contribution in [-0.4, -0.2) is 24.0 Å². The number of hydrogen-bond donors (Lipinski definition) is 2. The van der Waals surface area contributed by atoms with Crippen molar-refractivity contribution in [3.8, 4) is 0 Å². The lowest BCUT2D eigenvalue weighted by molar-refractivity contribution is -0.384. The van der Waals surface area contributed by atoms with Gasteiger partial charge in [-0.25, -0.2) is 0 Å². The molecule has 0 aromatic heterocycles. The van der Waals surface area contributed by atoms with Crippen molar-refractivity contribution in [1.29, 1.82) is 0 Å². The number of amides is 1. The highest BCUT2D eigenvalue weighted by Crippen LogP contribution is 2.17. The van der Waals surface area contributed by atoms with E-state index in [0.717, 1.165) is 5.56 Å². The fourth-order valence-corrected chi connectivity index (χ4v) is 1.61. The van der Waals surface area contributed by atoms with E-state index in [-0.39, 0.29) is 20.9 Å². The summed E-state index contributed by atoms with van der Waals surface area (Å²) in [5.41, 5.74) is 4.72. The summed E-state index contributed by atoms with van der Waals surface area (Å²) < 4.78 is 0. The fraction of sp³-hybridized carbons (Fsp3) is 0.357. The first-order chi connectivity index (χ1) is 9.90. The SMILES string of the molecule is C=C(C)NOCCNC(=O)Cc1cc([N+](=O)[O-])ccc1C.[HH].[HH]. The van der Waals surface area contributed by atoms with Crippen LogP contribution in [0, 0.1) is 17.0 Å². The molecule has 0 aliphatic heterocycles. The Morgan fingerprint density at radius 2 is 2.24 bits per heavy atom. The topological polar surface area (TPSA) is 93.5 Å². The first-order valence-electron chi connectivity index (χ1n) is 6.44. The zero-order valence-electron chi connectivity index (χ0n) is 12.1. The van der Waals surface area contributed by atoms with E-state index in [2.05, 4.69) is 17.4 Å². The van der Waals surface area contributed by atoms with Crippen molar-refractivity contribution in [2.45, 2.75) is 20.3 Å². The number of nitro groups is 1. The van der Waals surface area contributed by atoms with Gasteiger partial charge in [0, 0.05) is 27.2 Å². The normalized spacial score (nSPS) is 10.0. The largest absolute Gasteiger partial charge is 0.353 e. The number of aryl methyl sites for hydroxylation is 1. The van der Waals surface area contributed by atoms with Gasteiger partial charge in [-0.1, -0.05) is 12.6 Å². The predicted octanol–water partition coefficient (Wildman–Crippen LogP) is 2.11. The highest BCUT2D eigenvalue weighted by Gasteiger charge is 2.11. The molecule has 0 aliphatic carbocycles. The second kappa shape index (κ2) is 8.01. The Hall–Kier alpha value is -2.41. The number of hydroxylamine groups is 1. The van der Waals surface area contributed by atoms with Crippen LogP contribution in [0.3, 0.4) is 0 Å². The average Bonchev–Trinajstić information content (AvgIpc) is 2.40. The standard InChI is InChI=1S/C14H19N3O4.2H2/c1-10(2)16-21-7-6-15-14(18)9-12-8-13(17(19)20)5-4-11(12)3;;/h4-5,8,16H,1,6-7,9H2,2-3H3,(H,15,18);2*1H. The molecule has 0 heterocycles. The van der Waals surface area contributed by atoms with Gasteiger partial charge >= 0.3 is 0 Å². The molecule has 0 fully saturated rings. The van der Waals surface area contributed by atoms with Gasteiger partial charge in [0.15, 0.2) is 0 Å². The molecule has 1 amide bonds. The molecule has 7 heteroatoms. The lowest BCUT2D eigenvalue weighted by Gasteiger charge is -2.08. The van der Waals surface area contributed by atoms with Crippen molar-refractivity contribution in [3.63, 3.8) is 0 Å². The number of rotatable bonds is 8. The van der Waals surface area contributed by atoms with E-state index >= 15 is 0 Å². The molecule has 21 heavy (non-hydrogen) atoms. The minimum Gasteiger partial charge on any atom is -0.353 e. The lowest BCUT2D eigenvalue weighted by atomic mass is 10.0. The molecule has 1 aromatic rings. The predicted molar refractivity (Wildman–Crippen MR) is 82.7 cm³/mol. The van der Waals surface area contributed by atoms with Gasteiger partial charge in [-0.3, -0.25) is 25.2 Å². The summed E-state index contributed by atoms with van der Waals surface area (Å²) in [5.74, 6) is -0.211. The van der Waals surface area contributed by atoms with E-state index in [1.54, 1.807) is 13.0 Å². The number of allylic oxidation sites excluding steroid dienone is 1. The van der Waals surface area contributed by atoms with Crippen LogP contribution in [-0.2, 0) is 16.1 Å². The van der Waals surface area contributed by atoms with Crippen LogP contribution in [0.2, 0.25) is 0 Å². The molecule has 0 saturated heterocycles. The smallest absolute Gasteiger partial charge is 0.269 e. The van der Waals surface area contributed by atoms with Crippen LogP contribution < -0.4 is 10.8 Å². The second-order valence-corrected chi connectivity index (χ2v) is 4.63. The average molecular weight is 297 g/mol. The molecule has 0 atom stereocenters. The fourth-order valence-electron chi connectivity index (χ4n) is 1.61. The lowest BCUT2D eigenvalue weighted by Crippen LogP contribution is -2.30. The zero-order valence-corrected chi connectivity index (χ0v) is 12.1. The Balaban J connectivity index is 0. The quantitative estimate of drug-likeness (QED) is 0.435. The highest BCUT2D eigenvalue weighted by molar-refractivity contribution is 5.79. The maximum atomic E-state index is 11.8. The minimum absolute atomic E-state index is 0. The number of nitrogens with one attached hydrogen (secondary N) is 2. The maximum absolute atomic E-state index is 11.8. The summed E-state index contributed by atoms with van der Waals surface area (Å²) >= 11 is 0. The van der Waals surface area contributed by atoms with Gasteiger partial charge in [0.25, 0.3) is 5.69 Å². The monoisotopic (exact) mass is 297 g/mol. The van der Waals surface area contributed by atoms with E-state index in [1.165, 1.54) is 12.1 Å². The van der Waals surface area contributed by atoms with Crippen molar-refractivity contribution < 1.29 is 17.4 Å². The Morgan fingerprint density at radius 1 is 1.52 bits per heavy atom. The summed E-state index contributed by atoms with van der Waals surface area (Å²) in [6.45, 7) is 7.80. The van der Waals surface area contributed by atoms with E-state index < -0.39 is 4.92 Å². The molecule has 1 aromatic carbocycles. The van der Waals surface area contributed by atoms with Gasteiger partial charge in [0.05, 0.1) is 18.0 Å². The Bertz CT molecular complexity index is 553. The van der Waals surface area contributed by atoms with Crippen LogP contribution in [0.4, 0.5) is 5.69 Å². The van der Waals surface area contributed by atoms with E-state index in [1.807, 2.05) is 6.92 Å². The molecule has 0 unspecified atom stereocenters. The number of non-ortho nitro benzene ring substituents is 1. The molecule has 0 saturated carbocycles. The Labute approximate surface area is 126 Å². The van der Waals surface area contributed by atoms with Crippen molar-refractivity contribution in [1.82, 2.24) is 10.8 Å². The van der Waals surface area contributed by atoms with Crippen LogP contribution in [0.5, 0.6) is 0 Å². The third-order valence-electron chi connectivity index (χ3n) is 2.67. The van der Waals surface area contributed by atoms with Crippen LogP contribution in [0.1, 0.15) is 20.9 Å². The number of nitrogens with zero attached hydrogens (tertiary/aromatic N) is 1. The van der Waals surface area contributed by atoms with Crippen molar-refractivity contribution in [3.05, 3.63) is 51.7 Å². The number of carbonyl (C=O) groups excluding carboxylic acids is 1. The van der Waals surface area contributed by atoms with Gasteiger partial charge < -0.3 is 5.32 Å². The number of carbonyl (C=O) groups is 1. The minimum atomic E-state index is -0.474. The van der Waals surface area contributed by atoms with Gasteiger partial charge in [0.1, 0.15) is 0 Å². The zero-order chi connectivity index (χ0) is 15.8. The molecule has 0 spiro atoms. The Kier molecular flexibility index (Phi) is 6.35. The molecular weight excluding hydrogens is 274 g/mol. The number of nitro benzene ring substituents is 1. The van der Waals surface area contributed by atoms with E-state index in [9.17, 15) is 14.9 Å². The molecule has 0 bridgehead atoms. The number of hydrogen-bond acceptors (Lipinski definition) is 5. The summed E-state index contributed by atoms with van der Waals surface area (Å²) in [5, 5.41) is 13.4. The molecule has 1 rings (SSSR count). The maximum Gasteiger partial charge on any atom is 0.269 e. The van der Waals surface area contributed by atoms with E-state index in [4.69, 9.17) is 4.84 Å². The molecule has 7 nitrogen and oxygen atoms in total. The van der Waals surface area contributed by atoms with Gasteiger partial charge in [0.2, 0.25) is 5.91 Å². The first-order valence-corrected chi connectivity index (χ1v) is 6.44. The summed E-state index contributed by atoms with van der Waals surface area (Å²) in [4.78, 5) is 27.0. The summed E-state index contributed by atoms with van der Waals surface area (Å²) in [7, 11) is 0. The molecule has 118 valence electrons. The van der Waals surface area contributed by atoms with Crippen molar-refractivity contribution >= 4 is 11.6 Å². The molecule has 0 aliphatic rings. The Morgan fingerprint density at radius 3 is 2.86 bits per heavy atom. The molecule has 0 radical (unpaired) electrons. The molecular formula is C14H23N3O4. The van der Waals surface area contributed by atoms with E-state index in [0.29, 0.717) is 24.4 Å². The van der Waals surface area contributed by atoms with Crippen LogP contribution in [0.25, 0.3) is 0 Å². The number of benzene rings is 1. The summed E-state index contributed by atoms with van der Waals surface area (Å²) in [6.07, 6.45) is 0.0986. The third-order valence-corrected chi connectivity index (χ3v) is 2.67. The third kappa shape index (κ3) is 6.05. The first kappa shape index (κ1) is 16.6. The van der Waals surface area contributed by atoms with Crippen LogP contribution in [0.15, 0.2) is 30.5 Å². The van der Waals surface area contributed by atoms with Gasteiger partial charge in [-0.15, -0.1) is 0 Å².